The molecule has 2 aromatic carbocycles. The van der Waals surface area contributed by atoms with Crippen LogP contribution in [0.3, 0.4) is 0 Å². The molecular formula is C16H18N2O4S. The Bertz CT molecular complexity index is 889. The smallest absolute Gasteiger partial charge is 0.274 e. The second kappa shape index (κ2) is 6.00. The number of nitro benzene ring substituents is 1. The van der Waals surface area contributed by atoms with Crippen LogP contribution in [0.1, 0.15) is 22.3 Å². The van der Waals surface area contributed by atoms with E-state index in [1.165, 1.54) is 6.07 Å². The summed E-state index contributed by atoms with van der Waals surface area (Å²) in [7, 11) is -3.82. The summed E-state index contributed by atoms with van der Waals surface area (Å²) in [5, 5.41) is 11.0. The maximum absolute atomic E-state index is 12.6. The molecule has 23 heavy (non-hydrogen) atoms. The Labute approximate surface area is 135 Å². The van der Waals surface area contributed by atoms with Gasteiger partial charge in [0.15, 0.2) is 0 Å². The summed E-state index contributed by atoms with van der Waals surface area (Å²) in [6.45, 7) is 6.84. The van der Waals surface area contributed by atoms with E-state index in [4.69, 9.17) is 0 Å². The molecule has 0 aliphatic carbocycles. The molecule has 0 aliphatic rings. The van der Waals surface area contributed by atoms with Gasteiger partial charge in [-0.1, -0.05) is 12.1 Å². The van der Waals surface area contributed by atoms with Crippen molar-refractivity contribution in [2.45, 2.75) is 32.6 Å². The van der Waals surface area contributed by atoms with E-state index in [0.717, 1.165) is 5.56 Å². The van der Waals surface area contributed by atoms with E-state index in [0.29, 0.717) is 16.7 Å². The Balaban J connectivity index is 2.51. The van der Waals surface area contributed by atoms with E-state index in [9.17, 15) is 18.5 Å². The minimum Gasteiger partial charge on any atom is -0.279 e. The van der Waals surface area contributed by atoms with Crippen molar-refractivity contribution in [2.24, 2.45) is 0 Å². The van der Waals surface area contributed by atoms with E-state index in [-0.39, 0.29) is 16.3 Å². The number of nitrogens with one attached hydrogen (secondary N) is 1. The number of anilines is 1. The van der Waals surface area contributed by atoms with Crippen molar-refractivity contribution in [3.05, 3.63) is 62.7 Å². The molecule has 0 fully saturated rings. The van der Waals surface area contributed by atoms with Gasteiger partial charge in [-0.3, -0.25) is 14.8 Å². The van der Waals surface area contributed by atoms with Crippen molar-refractivity contribution in [1.29, 1.82) is 0 Å². The van der Waals surface area contributed by atoms with Gasteiger partial charge in [0.05, 0.1) is 15.5 Å². The summed E-state index contributed by atoms with van der Waals surface area (Å²) < 4.78 is 27.7. The summed E-state index contributed by atoms with van der Waals surface area (Å²) >= 11 is 0. The van der Waals surface area contributed by atoms with Crippen molar-refractivity contribution < 1.29 is 13.3 Å². The van der Waals surface area contributed by atoms with Crippen molar-refractivity contribution in [2.75, 3.05) is 4.72 Å². The number of hydrogen-bond acceptors (Lipinski definition) is 4. The molecule has 0 radical (unpaired) electrons. The third-order valence-electron chi connectivity index (χ3n) is 3.62. The number of hydrogen-bond donors (Lipinski definition) is 1. The summed E-state index contributed by atoms with van der Waals surface area (Å²) in [6.07, 6.45) is 0. The topological polar surface area (TPSA) is 89.3 Å². The molecule has 0 saturated heterocycles. The lowest BCUT2D eigenvalue weighted by molar-refractivity contribution is -0.385. The zero-order chi connectivity index (χ0) is 17.4. The van der Waals surface area contributed by atoms with Gasteiger partial charge in [-0.05, 0) is 56.5 Å². The zero-order valence-electron chi connectivity index (χ0n) is 13.4. The first-order valence-corrected chi connectivity index (χ1v) is 8.46. The molecule has 7 heteroatoms. The first-order valence-electron chi connectivity index (χ1n) is 6.97. The highest BCUT2D eigenvalue weighted by Crippen LogP contribution is 2.28. The Morgan fingerprint density at radius 2 is 1.61 bits per heavy atom. The molecule has 0 aliphatic heterocycles. The molecule has 2 rings (SSSR count). The van der Waals surface area contributed by atoms with Crippen LogP contribution in [0.4, 0.5) is 11.4 Å². The van der Waals surface area contributed by atoms with Crippen LogP contribution >= 0.6 is 0 Å². The van der Waals surface area contributed by atoms with Gasteiger partial charge in [0, 0.05) is 11.6 Å². The van der Waals surface area contributed by atoms with Crippen molar-refractivity contribution >= 4 is 21.4 Å². The molecule has 0 bridgehead atoms. The van der Waals surface area contributed by atoms with Crippen LogP contribution in [0.25, 0.3) is 0 Å². The van der Waals surface area contributed by atoms with Gasteiger partial charge in [-0.25, -0.2) is 8.42 Å². The van der Waals surface area contributed by atoms with Gasteiger partial charge < -0.3 is 0 Å². The lowest BCUT2D eigenvalue weighted by atomic mass is 10.1. The van der Waals surface area contributed by atoms with Crippen LogP contribution in [-0.2, 0) is 10.0 Å². The van der Waals surface area contributed by atoms with E-state index in [1.54, 1.807) is 45.9 Å². The Hall–Kier alpha value is -2.41. The van der Waals surface area contributed by atoms with Gasteiger partial charge in [0.25, 0.3) is 15.7 Å². The Kier molecular flexibility index (Phi) is 4.42. The monoisotopic (exact) mass is 334 g/mol. The molecule has 0 unspecified atom stereocenters. The second-order valence-electron chi connectivity index (χ2n) is 5.59. The summed E-state index contributed by atoms with van der Waals surface area (Å²) in [6, 6.07) is 7.99. The molecule has 2 aromatic rings. The van der Waals surface area contributed by atoms with Crippen molar-refractivity contribution in [3.63, 3.8) is 0 Å². The highest BCUT2D eigenvalue weighted by molar-refractivity contribution is 7.92. The van der Waals surface area contributed by atoms with Crippen LogP contribution in [0, 0.1) is 37.8 Å². The Morgan fingerprint density at radius 3 is 2.22 bits per heavy atom. The average molecular weight is 334 g/mol. The van der Waals surface area contributed by atoms with Gasteiger partial charge in [-0.2, -0.15) is 0 Å². The predicted molar refractivity (Wildman–Crippen MR) is 89.3 cm³/mol. The molecule has 0 saturated carbocycles. The number of rotatable bonds is 4. The van der Waals surface area contributed by atoms with Gasteiger partial charge >= 0.3 is 0 Å². The number of aryl methyl sites for hydroxylation is 4. The largest absolute Gasteiger partial charge is 0.279 e. The van der Waals surface area contributed by atoms with Gasteiger partial charge in [0.1, 0.15) is 0 Å². The molecule has 0 heterocycles. The third-order valence-corrected chi connectivity index (χ3v) is 5.12. The SMILES string of the molecule is Cc1ccc(C)c(S(=O)(=O)Nc2cc([N+](=O)[O-])c(C)cc2C)c1. The van der Waals surface area contributed by atoms with Crippen LogP contribution in [0.2, 0.25) is 0 Å². The van der Waals surface area contributed by atoms with Crippen LogP contribution in [-0.4, -0.2) is 13.3 Å². The maximum atomic E-state index is 12.6. The molecular weight excluding hydrogens is 316 g/mol. The minimum absolute atomic E-state index is 0.116. The maximum Gasteiger partial charge on any atom is 0.274 e. The van der Waals surface area contributed by atoms with Gasteiger partial charge in [0.2, 0.25) is 0 Å². The van der Waals surface area contributed by atoms with Crippen molar-refractivity contribution in [3.8, 4) is 0 Å². The summed E-state index contributed by atoms with van der Waals surface area (Å²) in [5.74, 6) is 0. The highest BCUT2D eigenvalue weighted by Gasteiger charge is 2.21. The second-order valence-corrected chi connectivity index (χ2v) is 7.24. The van der Waals surface area contributed by atoms with Crippen LogP contribution < -0.4 is 4.72 Å². The fraction of sp³-hybridized carbons (Fsp3) is 0.250. The molecule has 122 valence electrons. The van der Waals surface area contributed by atoms with E-state index < -0.39 is 14.9 Å². The molecule has 0 aromatic heterocycles. The highest BCUT2D eigenvalue weighted by atomic mass is 32.2. The van der Waals surface area contributed by atoms with E-state index >= 15 is 0 Å². The predicted octanol–water partition coefficient (Wildman–Crippen LogP) is 3.63. The average Bonchev–Trinajstić information content (AvgIpc) is 2.43. The van der Waals surface area contributed by atoms with Crippen LogP contribution in [0.15, 0.2) is 35.2 Å². The number of nitrogens with zero attached hydrogens (tertiary/aromatic N) is 1. The molecule has 1 N–H and O–H groups in total. The standard InChI is InChI=1S/C16H18N2O4S/c1-10-5-6-11(2)16(7-10)23(21,22)17-14-9-15(18(19)20)13(4)8-12(14)3/h5-9,17H,1-4H3. The Morgan fingerprint density at radius 1 is 0.957 bits per heavy atom. The minimum atomic E-state index is -3.82. The number of sulfonamides is 1. The molecule has 0 spiro atoms. The zero-order valence-corrected chi connectivity index (χ0v) is 14.2. The number of nitro groups is 1. The fourth-order valence-corrected chi connectivity index (χ4v) is 3.80. The van der Waals surface area contributed by atoms with Crippen LogP contribution in [0.5, 0.6) is 0 Å². The van der Waals surface area contributed by atoms with E-state index in [2.05, 4.69) is 4.72 Å². The normalized spacial score (nSPS) is 11.3. The third kappa shape index (κ3) is 3.50. The fourth-order valence-electron chi connectivity index (χ4n) is 2.34. The van der Waals surface area contributed by atoms with Gasteiger partial charge in [-0.15, -0.1) is 0 Å². The molecule has 6 nitrogen and oxygen atoms in total. The number of benzene rings is 2. The first kappa shape index (κ1) is 17.0. The van der Waals surface area contributed by atoms with Crippen molar-refractivity contribution in [1.82, 2.24) is 0 Å². The molecule has 0 amide bonds. The summed E-state index contributed by atoms with van der Waals surface area (Å²) in [4.78, 5) is 10.7. The quantitative estimate of drug-likeness (QED) is 0.683. The van der Waals surface area contributed by atoms with E-state index in [1.807, 2.05) is 6.07 Å². The summed E-state index contributed by atoms with van der Waals surface area (Å²) in [5.41, 5.74) is 2.64. The lowest BCUT2D eigenvalue weighted by Gasteiger charge is -2.13. The first-order chi connectivity index (χ1) is 10.6. The molecule has 0 atom stereocenters. The lowest BCUT2D eigenvalue weighted by Crippen LogP contribution is -2.15.